The summed E-state index contributed by atoms with van der Waals surface area (Å²) >= 11 is 12.1. The molecule has 1 aromatic heterocycles. The summed E-state index contributed by atoms with van der Waals surface area (Å²) in [6, 6.07) is 3.04. The van der Waals surface area contributed by atoms with Gasteiger partial charge in [-0.3, -0.25) is 19.1 Å². The lowest BCUT2D eigenvalue weighted by atomic mass is 10.0. The van der Waals surface area contributed by atoms with E-state index in [1.807, 2.05) is 0 Å². The maximum Gasteiger partial charge on any atom is 0.261 e. The summed E-state index contributed by atoms with van der Waals surface area (Å²) in [4.78, 5) is 31.5. The lowest BCUT2D eigenvalue weighted by Crippen LogP contribution is -2.55. The second-order valence-corrected chi connectivity index (χ2v) is 7.99. The molecule has 1 fully saturated rings. The molecule has 146 valence electrons. The number of rotatable bonds is 5. The molecule has 0 atom stereocenters. The molecule has 1 amide bonds. The molecule has 2 heterocycles. The Morgan fingerprint density at radius 2 is 2.00 bits per heavy atom. The predicted octanol–water partition coefficient (Wildman–Crippen LogP) is 1.93. The Labute approximate surface area is 167 Å². The topological polar surface area (TPSA) is 76.5 Å². The number of amides is 1. The van der Waals surface area contributed by atoms with Gasteiger partial charge >= 0.3 is 0 Å². The van der Waals surface area contributed by atoms with E-state index in [-0.39, 0.29) is 28.9 Å². The smallest absolute Gasteiger partial charge is 0.261 e. The zero-order valence-corrected chi connectivity index (χ0v) is 16.8. The Bertz CT molecular complexity index is 907. The number of fused-ring (bicyclic) bond motifs is 1. The van der Waals surface area contributed by atoms with E-state index in [9.17, 15) is 9.59 Å². The molecule has 0 spiro atoms. The van der Waals surface area contributed by atoms with Crippen LogP contribution in [0.15, 0.2) is 23.3 Å². The van der Waals surface area contributed by atoms with Crippen LogP contribution in [0.1, 0.15) is 13.8 Å². The number of hydrogen-bond acceptors (Lipinski definition) is 5. The van der Waals surface area contributed by atoms with Crippen molar-refractivity contribution >= 4 is 40.0 Å². The molecule has 1 N–H and O–H groups in total. The number of nitrogens with zero attached hydrogens (tertiary/aromatic N) is 3. The zero-order chi connectivity index (χ0) is 19.6. The number of halogens is 2. The van der Waals surface area contributed by atoms with E-state index >= 15 is 0 Å². The molecule has 0 unspecified atom stereocenters. The summed E-state index contributed by atoms with van der Waals surface area (Å²) in [5.74, 6) is -0.257. The third kappa shape index (κ3) is 4.60. The van der Waals surface area contributed by atoms with Crippen LogP contribution in [0.2, 0.25) is 10.0 Å². The van der Waals surface area contributed by atoms with E-state index in [1.165, 1.54) is 23.0 Å². The minimum Gasteiger partial charge on any atom is -0.379 e. The number of aromatic nitrogens is 2. The van der Waals surface area contributed by atoms with Gasteiger partial charge in [0.25, 0.3) is 5.56 Å². The molecule has 0 aliphatic carbocycles. The number of morpholine rings is 1. The molecule has 9 heteroatoms. The minimum atomic E-state index is -0.355. The highest BCUT2D eigenvalue weighted by Crippen LogP contribution is 2.23. The molecule has 1 saturated heterocycles. The fourth-order valence-corrected chi connectivity index (χ4v) is 3.66. The van der Waals surface area contributed by atoms with E-state index in [0.29, 0.717) is 35.3 Å². The van der Waals surface area contributed by atoms with Crippen LogP contribution in [-0.2, 0) is 16.1 Å². The summed E-state index contributed by atoms with van der Waals surface area (Å²) < 4.78 is 6.63. The number of hydrogen-bond donors (Lipinski definition) is 1. The maximum atomic E-state index is 12.6. The van der Waals surface area contributed by atoms with E-state index in [1.54, 1.807) is 0 Å². The van der Waals surface area contributed by atoms with Crippen LogP contribution >= 0.6 is 23.2 Å². The fraction of sp³-hybridized carbons (Fsp3) is 0.500. The molecular weight excluding hydrogens is 391 g/mol. The maximum absolute atomic E-state index is 12.6. The molecule has 0 saturated carbocycles. The van der Waals surface area contributed by atoms with Gasteiger partial charge in [-0.05, 0) is 26.0 Å². The van der Waals surface area contributed by atoms with E-state index < -0.39 is 0 Å². The van der Waals surface area contributed by atoms with Gasteiger partial charge in [-0.15, -0.1) is 0 Å². The Morgan fingerprint density at radius 3 is 2.70 bits per heavy atom. The molecular formula is C18H22Cl2N4O3. The van der Waals surface area contributed by atoms with Crippen molar-refractivity contribution in [2.45, 2.75) is 25.9 Å². The van der Waals surface area contributed by atoms with Crippen molar-refractivity contribution in [2.75, 3.05) is 32.8 Å². The van der Waals surface area contributed by atoms with Gasteiger partial charge < -0.3 is 10.1 Å². The van der Waals surface area contributed by atoms with E-state index in [2.05, 4.69) is 29.0 Å². The highest BCUT2D eigenvalue weighted by Gasteiger charge is 2.28. The Morgan fingerprint density at radius 1 is 1.30 bits per heavy atom. The van der Waals surface area contributed by atoms with Crippen LogP contribution in [0.25, 0.3) is 10.9 Å². The minimum absolute atomic E-state index is 0.120. The van der Waals surface area contributed by atoms with Crippen molar-refractivity contribution in [1.82, 2.24) is 19.8 Å². The Balaban J connectivity index is 1.69. The monoisotopic (exact) mass is 412 g/mol. The largest absolute Gasteiger partial charge is 0.379 e. The summed E-state index contributed by atoms with van der Waals surface area (Å²) in [5, 5.41) is 3.85. The standard InChI is InChI=1S/C18H22Cl2N4O3/c1-18(2,24-3-5-27-6-4-24)10-21-15(25)9-23-11-22-16-13(17(23)26)7-12(19)8-14(16)20/h7-8,11H,3-6,9-10H2,1-2H3,(H,21,25). The van der Waals surface area contributed by atoms with Gasteiger partial charge in [0, 0.05) is 30.2 Å². The van der Waals surface area contributed by atoms with Crippen LogP contribution in [0.4, 0.5) is 0 Å². The summed E-state index contributed by atoms with van der Waals surface area (Å²) in [5.41, 5.74) is -0.184. The van der Waals surface area contributed by atoms with Crippen LogP contribution in [0.5, 0.6) is 0 Å². The number of nitrogens with one attached hydrogen (secondary N) is 1. The SMILES string of the molecule is CC(C)(CNC(=O)Cn1cnc2c(Cl)cc(Cl)cc2c1=O)N1CCOCC1. The van der Waals surface area contributed by atoms with E-state index in [4.69, 9.17) is 27.9 Å². The zero-order valence-electron chi connectivity index (χ0n) is 15.3. The van der Waals surface area contributed by atoms with Gasteiger partial charge in [0.05, 0.1) is 35.5 Å². The number of ether oxygens (including phenoxy) is 1. The van der Waals surface area contributed by atoms with Crippen molar-refractivity contribution in [3.8, 4) is 0 Å². The molecule has 1 aliphatic rings. The first-order valence-corrected chi connectivity index (χ1v) is 9.47. The summed E-state index contributed by atoms with van der Waals surface area (Å²) in [7, 11) is 0. The third-order valence-corrected chi connectivity index (χ3v) is 5.25. The molecule has 1 aliphatic heterocycles. The quantitative estimate of drug-likeness (QED) is 0.811. The van der Waals surface area contributed by atoms with Gasteiger partial charge in [0.2, 0.25) is 5.91 Å². The lowest BCUT2D eigenvalue weighted by Gasteiger charge is -2.40. The number of benzene rings is 1. The van der Waals surface area contributed by atoms with Crippen molar-refractivity contribution in [2.24, 2.45) is 0 Å². The van der Waals surface area contributed by atoms with Gasteiger partial charge in [-0.1, -0.05) is 23.2 Å². The number of carbonyl (C=O) groups excluding carboxylic acids is 1. The van der Waals surface area contributed by atoms with Crippen molar-refractivity contribution < 1.29 is 9.53 Å². The average molecular weight is 413 g/mol. The fourth-order valence-electron chi connectivity index (χ4n) is 3.11. The first-order valence-electron chi connectivity index (χ1n) is 8.71. The highest BCUT2D eigenvalue weighted by molar-refractivity contribution is 6.38. The van der Waals surface area contributed by atoms with Crippen LogP contribution < -0.4 is 10.9 Å². The third-order valence-electron chi connectivity index (χ3n) is 4.74. The molecule has 7 nitrogen and oxygen atoms in total. The first kappa shape index (κ1) is 20.1. The Kier molecular flexibility index (Phi) is 6.05. The van der Waals surface area contributed by atoms with Crippen LogP contribution in [-0.4, -0.2) is 58.7 Å². The normalized spacial score (nSPS) is 15.9. The van der Waals surface area contributed by atoms with Gasteiger partial charge in [0.1, 0.15) is 6.54 Å². The first-order chi connectivity index (χ1) is 12.8. The van der Waals surface area contributed by atoms with Crippen molar-refractivity contribution in [3.05, 3.63) is 38.9 Å². The van der Waals surface area contributed by atoms with Crippen LogP contribution in [0.3, 0.4) is 0 Å². The summed E-state index contributed by atoms with van der Waals surface area (Å²) in [6.45, 7) is 7.56. The van der Waals surface area contributed by atoms with E-state index in [0.717, 1.165) is 13.1 Å². The van der Waals surface area contributed by atoms with Crippen molar-refractivity contribution in [3.63, 3.8) is 0 Å². The number of carbonyl (C=O) groups is 1. The molecule has 27 heavy (non-hydrogen) atoms. The molecule has 0 bridgehead atoms. The van der Waals surface area contributed by atoms with Gasteiger partial charge in [-0.2, -0.15) is 0 Å². The molecule has 1 aromatic carbocycles. The summed E-state index contributed by atoms with van der Waals surface area (Å²) in [6.07, 6.45) is 1.33. The molecule has 2 aromatic rings. The van der Waals surface area contributed by atoms with Crippen LogP contribution in [0, 0.1) is 0 Å². The second kappa shape index (κ2) is 8.14. The second-order valence-electron chi connectivity index (χ2n) is 7.15. The van der Waals surface area contributed by atoms with Gasteiger partial charge in [0.15, 0.2) is 0 Å². The molecule has 0 radical (unpaired) electrons. The molecule has 3 rings (SSSR count). The Hall–Kier alpha value is -1.67. The highest BCUT2D eigenvalue weighted by atomic mass is 35.5. The lowest BCUT2D eigenvalue weighted by molar-refractivity contribution is -0.122. The van der Waals surface area contributed by atoms with Crippen molar-refractivity contribution in [1.29, 1.82) is 0 Å². The van der Waals surface area contributed by atoms with Gasteiger partial charge in [-0.25, -0.2) is 4.98 Å². The predicted molar refractivity (Wildman–Crippen MR) is 106 cm³/mol. The average Bonchev–Trinajstić information content (AvgIpc) is 2.63.